The molecule has 0 saturated carbocycles. The van der Waals surface area contributed by atoms with Crippen molar-refractivity contribution < 1.29 is 14.9 Å². The Hall–Kier alpha value is -3.28. The number of aromatic nitrogens is 1. The lowest BCUT2D eigenvalue weighted by Crippen LogP contribution is -2.40. The molecule has 0 radical (unpaired) electrons. The Labute approximate surface area is 200 Å². The first-order valence-corrected chi connectivity index (χ1v) is 12.1. The molecule has 3 aromatic carbocycles. The van der Waals surface area contributed by atoms with Crippen molar-refractivity contribution in [3.63, 3.8) is 0 Å². The zero-order valence-corrected chi connectivity index (χ0v) is 19.6. The largest absolute Gasteiger partial charge is 0.508 e. The molecule has 1 aromatic heterocycles. The van der Waals surface area contributed by atoms with E-state index in [4.69, 9.17) is 4.74 Å². The summed E-state index contributed by atoms with van der Waals surface area (Å²) in [6.45, 7) is 4.96. The van der Waals surface area contributed by atoms with Gasteiger partial charge in [-0.1, -0.05) is 30.3 Å². The average Bonchev–Trinajstić information content (AvgIpc) is 3.21. The molecule has 2 heterocycles. The fraction of sp³-hybridized carbons (Fsp3) is 0.310. The summed E-state index contributed by atoms with van der Waals surface area (Å²) >= 11 is 0. The maximum atomic E-state index is 10.5. The van der Waals surface area contributed by atoms with Crippen LogP contribution >= 0.6 is 0 Å². The normalized spacial score (nSPS) is 16.1. The van der Waals surface area contributed by atoms with Crippen molar-refractivity contribution in [2.75, 3.05) is 26.2 Å². The Morgan fingerprint density at radius 1 is 0.971 bits per heavy atom. The number of aryl methyl sites for hydroxylation is 1. The van der Waals surface area contributed by atoms with E-state index >= 15 is 0 Å². The van der Waals surface area contributed by atoms with Gasteiger partial charge in [0.2, 0.25) is 0 Å². The number of nitrogens with one attached hydrogen (secondary N) is 1. The van der Waals surface area contributed by atoms with Gasteiger partial charge in [-0.15, -0.1) is 0 Å². The predicted molar refractivity (Wildman–Crippen MR) is 136 cm³/mol. The van der Waals surface area contributed by atoms with Crippen molar-refractivity contribution in [2.24, 2.45) is 0 Å². The number of benzene rings is 3. The van der Waals surface area contributed by atoms with E-state index in [1.54, 1.807) is 12.1 Å². The summed E-state index contributed by atoms with van der Waals surface area (Å²) in [5.41, 5.74) is 5.92. The van der Waals surface area contributed by atoms with Crippen molar-refractivity contribution in [2.45, 2.75) is 31.8 Å². The molecule has 5 nitrogen and oxygen atoms in total. The van der Waals surface area contributed by atoms with Gasteiger partial charge in [-0.25, -0.2) is 0 Å². The van der Waals surface area contributed by atoms with Crippen LogP contribution in [0.2, 0.25) is 0 Å². The Balaban J connectivity index is 1.11. The number of nitrogens with zero attached hydrogens (tertiary/aromatic N) is 1. The fourth-order valence-electron chi connectivity index (χ4n) is 5.03. The Kier molecular flexibility index (Phi) is 6.57. The number of phenols is 1. The predicted octanol–water partition coefficient (Wildman–Crippen LogP) is 5.47. The van der Waals surface area contributed by atoms with Crippen LogP contribution in [0.25, 0.3) is 22.2 Å². The van der Waals surface area contributed by atoms with Crippen molar-refractivity contribution in [1.82, 2.24) is 9.88 Å². The van der Waals surface area contributed by atoms with E-state index in [9.17, 15) is 10.2 Å². The molecule has 0 aliphatic carbocycles. The third-order valence-electron chi connectivity index (χ3n) is 6.97. The number of H-pyrrole nitrogens is 1. The van der Waals surface area contributed by atoms with Crippen molar-refractivity contribution in [1.29, 1.82) is 0 Å². The third kappa shape index (κ3) is 4.96. The topological polar surface area (TPSA) is 68.7 Å². The van der Waals surface area contributed by atoms with Crippen LogP contribution in [-0.4, -0.2) is 52.4 Å². The molecule has 176 valence electrons. The lowest BCUT2D eigenvalue weighted by Gasteiger charge is -2.33. The van der Waals surface area contributed by atoms with Gasteiger partial charge in [-0.3, -0.25) is 0 Å². The van der Waals surface area contributed by atoms with Crippen LogP contribution in [0, 0.1) is 6.92 Å². The molecule has 0 amide bonds. The molecule has 5 heteroatoms. The molecule has 1 atom stereocenters. The number of rotatable bonds is 7. The molecule has 1 unspecified atom stereocenters. The van der Waals surface area contributed by atoms with Gasteiger partial charge in [0.25, 0.3) is 0 Å². The quantitative estimate of drug-likeness (QED) is 0.345. The maximum absolute atomic E-state index is 10.5. The summed E-state index contributed by atoms with van der Waals surface area (Å²) in [6, 6.07) is 24.0. The Morgan fingerprint density at radius 3 is 2.38 bits per heavy atom. The first-order valence-electron chi connectivity index (χ1n) is 12.1. The highest BCUT2D eigenvalue weighted by Crippen LogP contribution is 2.31. The molecule has 1 aliphatic rings. The van der Waals surface area contributed by atoms with Crippen molar-refractivity contribution in [3.05, 3.63) is 83.9 Å². The molecule has 3 N–H and O–H groups in total. The number of hydrogen-bond acceptors (Lipinski definition) is 4. The lowest BCUT2D eigenvalue weighted by molar-refractivity contribution is 0.0594. The number of aliphatic hydroxyl groups excluding tert-OH is 1. The Bertz CT molecular complexity index is 1220. The number of likely N-dealkylation sites (tertiary alicyclic amines) is 1. The van der Waals surface area contributed by atoms with Crippen LogP contribution in [0.4, 0.5) is 0 Å². The first kappa shape index (κ1) is 22.5. The van der Waals surface area contributed by atoms with Crippen LogP contribution in [0.3, 0.4) is 0 Å². The molecule has 0 bridgehead atoms. The van der Waals surface area contributed by atoms with E-state index in [0.29, 0.717) is 18.2 Å². The van der Waals surface area contributed by atoms with Gasteiger partial charge in [-0.05, 0) is 97.9 Å². The van der Waals surface area contributed by atoms with Crippen LogP contribution in [-0.2, 0) is 0 Å². The van der Waals surface area contributed by atoms with Crippen molar-refractivity contribution in [3.8, 4) is 22.8 Å². The van der Waals surface area contributed by atoms with Crippen LogP contribution in [0.15, 0.2) is 72.8 Å². The monoisotopic (exact) mass is 456 g/mol. The third-order valence-corrected chi connectivity index (χ3v) is 6.97. The van der Waals surface area contributed by atoms with E-state index in [1.165, 1.54) is 16.5 Å². The maximum Gasteiger partial charge on any atom is 0.119 e. The minimum Gasteiger partial charge on any atom is -0.508 e. The molecule has 1 fully saturated rings. The van der Waals surface area contributed by atoms with Gasteiger partial charge >= 0.3 is 0 Å². The van der Waals surface area contributed by atoms with Gasteiger partial charge in [0, 0.05) is 23.1 Å². The number of piperidine rings is 1. The van der Waals surface area contributed by atoms with E-state index in [2.05, 4.69) is 47.1 Å². The van der Waals surface area contributed by atoms with Gasteiger partial charge in [0.05, 0.1) is 0 Å². The summed E-state index contributed by atoms with van der Waals surface area (Å²) in [5, 5.41) is 21.3. The van der Waals surface area contributed by atoms with E-state index in [1.807, 2.05) is 30.3 Å². The second-order valence-electron chi connectivity index (χ2n) is 9.33. The number of aromatic hydroxyl groups is 1. The van der Waals surface area contributed by atoms with Gasteiger partial charge < -0.3 is 24.8 Å². The summed E-state index contributed by atoms with van der Waals surface area (Å²) in [4.78, 5) is 5.83. The van der Waals surface area contributed by atoms with E-state index in [0.717, 1.165) is 48.5 Å². The average molecular weight is 457 g/mol. The molecule has 0 spiro atoms. The highest BCUT2D eigenvalue weighted by molar-refractivity contribution is 5.90. The summed E-state index contributed by atoms with van der Waals surface area (Å²) < 4.78 is 5.88. The molecule has 4 aromatic rings. The minimum atomic E-state index is -0.527. The van der Waals surface area contributed by atoms with E-state index in [-0.39, 0.29) is 6.61 Å². The zero-order valence-electron chi connectivity index (χ0n) is 19.6. The molecular weight excluding hydrogens is 424 g/mol. The Morgan fingerprint density at radius 2 is 1.68 bits per heavy atom. The molecule has 34 heavy (non-hydrogen) atoms. The van der Waals surface area contributed by atoms with Gasteiger partial charge in [0.1, 0.15) is 24.2 Å². The molecular formula is C29H32N2O3. The fourth-order valence-corrected chi connectivity index (χ4v) is 5.03. The highest BCUT2D eigenvalue weighted by atomic mass is 16.5. The number of para-hydroxylation sites is 1. The van der Waals surface area contributed by atoms with Gasteiger partial charge in [-0.2, -0.15) is 0 Å². The second kappa shape index (κ2) is 9.92. The molecule has 1 aliphatic heterocycles. The number of phenolic OH excluding ortho intramolecular Hbond substituents is 1. The van der Waals surface area contributed by atoms with Crippen molar-refractivity contribution >= 4 is 10.9 Å². The number of aromatic amines is 1. The number of aliphatic hydroxyl groups is 1. The van der Waals surface area contributed by atoms with Crippen LogP contribution in [0.5, 0.6) is 11.5 Å². The number of hydrogen-bond donors (Lipinski definition) is 3. The van der Waals surface area contributed by atoms with Crippen LogP contribution in [0.1, 0.15) is 29.9 Å². The second-order valence-corrected chi connectivity index (χ2v) is 9.33. The van der Waals surface area contributed by atoms with Crippen LogP contribution < -0.4 is 4.74 Å². The smallest absolute Gasteiger partial charge is 0.119 e. The summed E-state index contributed by atoms with van der Waals surface area (Å²) in [6.07, 6.45) is 1.60. The molecule has 1 saturated heterocycles. The first-order chi connectivity index (χ1) is 16.6. The number of ether oxygens (including phenoxy) is 1. The minimum absolute atomic E-state index is 0.280. The number of β-amino-alcohol motifs (C(OH)–C–C–N with tert-alkyl or cyclic N) is 1. The SMILES string of the molecule is Cc1c(-c2ccc(OCC(O)CN3CCC(c4ccc(O)cc4)CC3)cc2)[nH]c2ccccc12. The molecule has 5 rings (SSSR count). The zero-order chi connectivity index (χ0) is 23.5. The summed E-state index contributed by atoms with van der Waals surface area (Å²) in [5.74, 6) is 1.60. The van der Waals surface area contributed by atoms with E-state index < -0.39 is 6.10 Å². The summed E-state index contributed by atoms with van der Waals surface area (Å²) in [7, 11) is 0. The standard InChI is InChI=1S/C29H32N2O3/c1-20-27-4-2-3-5-28(27)30-29(20)23-8-12-26(13-9-23)34-19-25(33)18-31-16-14-22(15-17-31)21-6-10-24(32)11-7-21/h2-13,22,25,30,32-33H,14-19H2,1H3. The van der Waals surface area contributed by atoms with Gasteiger partial charge in [0.15, 0.2) is 0 Å². The highest BCUT2D eigenvalue weighted by Gasteiger charge is 2.22. The number of fused-ring (bicyclic) bond motifs is 1. The lowest BCUT2D eigenvalue weighted by atomic mass is 9.89.